The number of benzene rings is 2. The van der Waals surface area contributed by atoms with Crippen molar-refractivity contribution in [1.29, 1.82) is 0 Å². The Hall–Kier alpha value is -3.58. The van der Waals surface area contributed by atoms with Gasteiger partial charge < -0.3 is 23.6 Å². The summed E-state index contributed by atoms with van der Waals surface area (Å²) in [6.07, 6.45) is 2.93. The quantitative estimate of drug-likeness (QED) is 0.463. The number of oxazole rings is 1. The lowest BCUT2D eigenvalue weighted by atomic mass is 10.0. The number of rotatable bonds is 7. The second-order valence-corrected chi connectivity index (χ2v) is 6.83. The van der Waals surface area contributed by atoms with Crippen molar-refractivity contribution >= 4 is 10.9 Å². The fraction of sp³-hybridized carbons (Fsp3) is 0.217. The van der Waals surface area contributed by atoms with Gasteiger partial charge in [-0.3, -0.25) is 4.79 Å². The fourth-order valence-electron chi connectivity index (χ4n) is 3.30. The number of hydrogen-bond acceptors (Lipinski definition) is 6. The third-order valence-corrected chi connectivity index (χ3v) is 4.89. The van der Waals surface area contributed by atoms with Gasteiger partial charge in [0, 0.05) is 35.9 Å². The molecule has 2 aromatic heterocycles. The molecule has 0 amide bonds. The molecule has 30 heavy (non-hydrogen) atoms. The van der Waals surface area contributed by atoms with Gasteiger partial charge in [0.15, 0.2) is 17.6 Å². The van der Waals surface area contributed by atoms with Crippen molar-refractivity contribution in [2.24, 2.45) is 0 Å². The molecule has 0 atom stereocenters. The summed E-state index contributed by atoms with van der Waals surface area (Å²) in [5.74, 6) is 1.87. The Labute approximate surface area is 173 Å². The van der Waals surface area contributed by atoms with Crippen LogP contribution < -0.4 is 14.9 Å². The average molecular weight is 406 g/mol. The average Bonchev–Trinajstić information content (AvgIpc) is 3.29. The molecule has 7 nitrogen and oxygen atoms in total. The summed E-state index contributed by atoms with van der Waals surface area (Å²) in [4.78, 5) is 20.2. The molecule has 0 aliphatic heterocycles. The van der Waals surface area contributed by atoms with Gasteiger partial charge in [0.05, 0.1) is 31.0 Å². The minimum Gasteiger partial charge on any atom is -0.496 e. The molecule has 0 aliphatic rings. The maximum atomic E-state index is 12.9. The number of pyridine rings is 1. The van der Waals surface area contributed by atoms with Crippen molar-refractivity contribution in [2.45, 2.75) is 6.92 Å². The molecule has 0 saturated heterocycles. The zero-order valence-corrected chi connectivity index (χ0v) is 17.0. The molecular formula is C23H22N2O5. The van der Waals surface area contributed by atoms with Crippen LogP contribution in [0.4, 0.5) is 0 Å². The molecule has 0 bridgehead atoms. The highest BCUT2D eigenvalue weighted by molar-refractivity contribution is 5.88. The van der Waals surface area contributed by atoms with E-state index in [0.29, 0.717) is 46.9 Å². The monoisotopic (exact) mass is 406 g/mol. The van der Waals surface area contributed by atoms with Crippen LogP contribution >= 0.6 is 0 Å². The minimum absolute atomic E-state index is 0.107. The van der Waals surface area contributed by atoms with Gasteiger partial charge in [-0.1, -0.05) is 12.1 Å². The van der Waals surface area contributed by atoms with Crippen LogP contribution in [0.2, 0.25) is 0 Å². The van der Waals surface area contributed by atoms with Crippen LogP contribution in [0.15, 0.2) is 58.2 Å². The smallest absolute Gasteiger partial charge is 0.190 e. The van der Waals surface area contributed by atoms with Gasteiger partial charge in [-0.05, 0) is 24.6 Å². The second-order valence-electron chi connectivity index (χ2n) is 6.83. The molecule has 0 saturated carbocycles. The zero-order valence-electron chi connectivity index (χ0n) is 17.0. The van der Waals surface area contributed by atoms with Crippen LogP contribution in [0.1, 0.15) is 5.56 Å². The van der Waals surface area contributed by atoms with Crippen molar-refractivity contribution in [3.05, 3.63) is 64.8 Å². The summed E-state index contributed by atoms with van der Waals surface area (Å²) < 4.78 is 21.7. The molecule has 2 aromatic carbocycles. The first-order valence-electron chi connectivity index (χ1n) is 9.47. The van der Waals surface area contributed by atoms with Crippen LogP contribution in [0.3, 0.4) is 0 Å². The van der Waals surface area contributed by atoms with E-state index in [2.05, 4.69) is 9.97 Å². The molecule has 0 radical (unpaired) electrons. The molecule has 0 spiro atoms. The molecule has 154 valence electrons. The Morgan fingerprint density at radius 3 is 2.67 bits per heavy atom. The van der Waals surface area contributed by atoms with Gasteiger partial charge in [0.25, 0.3) is 0 Å². The summed E-state index contributed by atoms with van der Waals surface area (Å²) in [6.45, 7) is 2.94. The lowest BCUT2D eigenvalue weighted by Gasteiger charge is -2.12. The van der Waals surface area contributed by atoms with E-state index in [4.69, 9.17) is 18.6 Å². The standard InChI is InChI=1S/C23H22N2O5/c1-14-4-5-15(8-21(14)29-7-6-27-2)18-10-20(26)16-9-17(23-12-24-13-30-23)22(28-3)11-19(16)25-18/h4-5,8-13H,6-7H2,1-3H3,(H,25,26). The van der Waals surface area contributed by atoms with Gasteiger partial charge in [-0.15, -0.1) is 0 Å². The summed E-state index contributed by atoms with van der Waals surface area (Å²) in [7, 11) is 3.21. The number of ether oxygens (including phenoxy) is 3. The van der Waals surface area contributed by atoms with Crippen molar-refractivity contribution < 1.29 is 18.6 Å². The normalized spacial score (nSPS) is 11.0. The second kappa shape index (κ2) is 8.42. The number of H-pyrrole nitrogens is 1. The predicted octanol–water partition coefficient (Wildman–Crippen LogP) is 4.19. The Morgan fingerprint density at radius 2 is 1.93 bits per heavy atom. The number of aromatic nitrogens is 2. The van der Waals surface area contributed by atoms with E-state index >= 15 is 0 Å². The van der Waals surface area contributed by atoms with E-state index in [1.807, 2.05) is 25.1 Å². The number of hydrogen-bond donors (Lipinski definition) is 1. The molecule has 2 heterocycles. The van der Waals surface area contributed by atoms with Crippen molar-refractivity contribution in [3.8, 4) is 34.1 Å². The first-order chi connectivity index (χ1) is 14.6. The first-order valence-corrected chi connectivity index (χ1v) is 9.47. The molecular weight excluding hydrogens is 384 g/mol. The summed E-state index contributed by atoms with van der Waals surface area (Å²) in [5, 5.41) is 0.537. The van der Waals surface area contributed by atoms with E-state index in [1.165, 1.54) is 6.39 Å². The molecule has 0 unspecified atom stereocenters. The van der Waals surface area contributed by atoms with E-state index in [-0.39, 0.29) is 5.43 Å². The highest BCUT2D eigenvalue weighted by atomic mass is 16.5. The molecule has 4 rings (SSSR count). The largest absolute Gasteiger partial charge is 0.496 e. The Morgan fingerprint density at radius 1 is 1.07 bits per heavy atom. The van der Waals surface area contributed by atoms with Crippen LogP contribution in [-0.2, 0) is 4.74 Å². The van der Waals surface area contributed by atoms with E-state index in [0.717, 1.165) is 16.9 Å². The van der Waals surface area contributed by atoms with Crippen molar-refractivity contribution in [1.82, 2.24) is 9.97 Å². The van der Waals surface area contributed by atoms with E-state index in [9.17, 15) is 4.79 Å². The topological polar surface area (TPSA) is 86.6 Å². The van der Waals surface area contributed by atoms with Gasteiger partial charge >= 0.3 is 0 Å². The number of fused-ring (bicyclic) bond motifs is 1. The van der Waals surface area contributed by atoms with Gasteiger partial charge in [0.2, 0.25) is 0 Å². The molecule has 0 fully saturated rings. The third-order valence-electron chi connectivity index (χ3n) is 4.89. The van der Waals surface area contributed by atoms with Gasteiger partial charge in [-0.25, -0.2) is 4.98 Å². The maximum Gasteiger partial charge on any atom is 0.190 e. The Kier molecular flexibility index (Phi) is 5.54. The lowest BCUT2D eigenvalue weighted by molar-refractivity contribution is 0.146. The minimum atomic E-state index is -0.107. The molecule has 4 aromatic rings. The maximum absolute atomic E-state index is 12.9. The number of nitrogens with one attached hydrogen (secondary N) is 1. The van der Waals surface area contributed by atoms with Crippen LogP contribution in [0.5, 0.6) is 11.5 Å². The van der Waals surface area contributed by atoms with E-state index < -0.39 is 0 Å². The molecule has 7 heteroatoms. The van der Waals surface area contributed by atoms with Crippen molar-refractivity contribution in [2.75, 3.05) is 27.4 Å². The fourth-order valence-corrected chi connectivity index (χ4v) is 3.30. The van der Waals surface area contributed by atoms with Crippen LogP contribution in [-0.4, -0.2) is 37.4 Å². The summed E-state index contributed by atoms with van der Waals surface area (Å²) in [6, 6.07) is 11.0. The molecule has 0 aliphatic carbocycles. The predicted molar refractivity (Wildman–Crippen MR) is 114 cm³/mol. The zero-order chi connectivity index (χ0) is 21.1. The number of methoxy groups -OCH3 is 2. The summed E-state index contributed by atoms with van der Waals surface area (Å²) in [5.41, 5.74) is 3.79. The van der Waals surface area contributed by atoms with Gasteiger partial charge in [0.1, 0.15) is 18.1 Å². The van der Waals surface area contributed by atoms with Gasteiger partial charge in [-0.2, -0.15) is 0 Å². The first kappa shape index (κ1) is 19.7. The van der Waals surface area contributed by atoms with Crippen molar-refractivity contribution in [3.63, 3.8) is 0 Å². The van der Waals surface area contributed by atoms with E-state index in [1.54, 1.807) is 38.6 Å². The van der Waals surface area contributed by atoms with Crippen LogP contribution in [0.25, 0.3) is 33.5 Å². The summed E-state index contributed by atoms with van der Waals surface area (Å²) >= 11 is 0. The third kappa shape index (κ3) is 3.79. The molecule has 1 N–H and O–H groups in total. The Bertz CT molecular complexity index is 1230. The Balaban J connectivity index is 1.79. The highest BCUT2D eigenvalue weighted by Gasteiger charge is 2.14. The number of nitrogens with zero attached hydrogens (tertiary/aromatic N) is 1. The van der Waals surface area contributed by atoms with Crippen LogP contribution in [0, 0.1) is 6.92 Å². The lowest BCUT2D eigenvalue weighted by Crippen LogP contribution is -2.06. The number of aryl methyl sites for hydroxylation is 1. The number of aromatic amines is 1. The highest BCUT2D eigenvalue weighted by Crippen LogP contribution is 2.33. The SMILES string of the molecule is COCCOc1cc(-c2cc(=O)c3cc(-c4cnco4)c(OC)cc3[nH]2)ccc1C.